The molecule has 5 heterocycles. The molecule has 0 radical (unpaired) electrons. The molecular weight excluding hydrogens is 634 g/mol. The number of esters is 1. The predicted molar refractivity (Wildman–Crippen MR) is 177 cm³/mol. The molecule has 3 aliphatic heterocycles. The van der Waals surface area contributed by atoms with Crippen LogP contribution in [0.25, 0.3) is 22.3 Å². The highest BCUT2D eigenvalue weighted by molar-refractivity contribution is 5.90. The monoisotopic (exact) mass is 677 g/mol. The van der Waals surface area contributed by atoms with Crippen LogP contribution in [0, 0.1) is 11.3 Å². The average molecular weight is 678 g/mol. The molecule has 3 unspecified atom stereocenters. The van der Waals surface area contributed by atoms with Crippen molar-refractivity contribution in [3.8, 4) is 17.1 Å². The summed E-state index contributed by atoms with van der Waals surface area (Å²) in [4.78, 5) is 57.8. The van der Waals surface area contributed by atoms with Crippen molar-refractivity contribution < 1.29 is 43.9 Å². The van der Waals surface area contributed by atoms with Crippen molar-refractivity contribution in [3.63, 3.8) is 0 Å². The molecule has 0 aliphatic carbocycles. The van der Waals surface area contributed by atoms with Crippen molar-refractivity contribution in [2.75, 3.05) is 19.7 Å². The number of aromatic nitrogens is 2. The summed E-state index contributed by atoms with van der Waals surface area (Å²) >= 11 is 0. The first kappa shape index (κ1) is 34.5. The summed E-state index contributed by atoms with van der Waals surface area (Å²) in [7, 11) is 0. The molecule has 13 heteroatoms. The number of aliphatic hydroxyl groups is 2. The van der Waals surface area contributed by atoms with Crippen LogP contribution in [-0.2, 0) is 44.2 Å². The molecule has 6 rings (SSSR count). The molecule has 0 spiro atoms. The van der Waals surface area contributed by atoms with E-state index in [1.165, 1.54) is 6.92 Å². The van der Waals surface area contributed by atoms with E-state index in [0.717, 1.165) is 16.5 Å². The summed E-state index contributed by atoms with van der Waals surface area (Å²) in [5, 5.41) is 32.0. The maximum Gasteiger partial charge on any atom is 0.415 e. The highest BCUT2D eigenvalue weighted by atomic mass is 16.6. The molecule has 13 nitrogen and oxygen atoms in total. The number of carbonyl (C=O) groups excluding carboxylic acids is 2. The number of aliphatic hydroxyl groups excluding tert-OH is 1. The Balaban J connectivity index is 1.18. The lowest BCUT2D eigenvalue weighted by Crippen LogP contribution is -2.44. The van der Waals surface area contributed by atoms with Crippen LogP contribution in [0.4, 0.5) is 4.79 Å². The second-order valence-corrected chi connectivity index (χ2v) is 13.4. The lowest BCUT2D eigenvalue weighted by Gasteiger charge is -2.34. The molecular formula is C36H43N3O10. The third-order valence-electron chi connectivity index (χ3n) is 10.6. The van der Waals surface area contributed by atoms with Crippen molar-refractivity contribution >= 4 is 28.9 Å². The third-order valence-corrected chi connectivity index (χ3v) is 10.6. The fourth-order valence-corrected chi connectivity index (χ4v) is 7.36. The third kappa shape index (κ3) is 5.87. The topological polar surface area (TPSA) is 178 Å². The molecule has 3 aliphatic rings. The molecule has 2 aromatic heterocycles. The average Bonchev–Trinajstić information content (AvgIpc) is 3.46. The van der Waals surface area contributed by atoms with Gasteiger partial charge in [-0.15, -0.1) is 0 Å². The van der Waals surface area contributed by atoms with Crippen LogP contribution < -0.4 is 10.3 Å². The number of likely N-dealkylation sites (tertiary alicyclic amines) is 1. The Labute approximate surface area is 283 Å². The van der Waals surface area contributed by atoms with Crippen LogP contribution in [0.2, 0.25) is 0 Å². The van der Waals surface area contributed by atoms with Gasteiger partial charge in [0, 0.05) is 36.2 Å². The second kappa shape index (κ2) is 13.2. The van der Waals surface area contributed by atoms with E-state index in [1.54, 1.807) is 47.6 Å². The molecule has 3 N–H and O–H groups in total. The number of ether oxygens (including phenoxy) is 3. The Morgan fingerprint density at radius 3 is 2.53 bits per heavy atom. The minimum Gasteiger partial charge on any atom is -0.481 e. The van der Waals surface area contributed by atoms with E-state index >= 15 is 0 Å². The highest BCUT2D eigenvalue weighted by Crippen LogP contribution is 2.41. The van der Waals surface area contributed by atoms with Crippen LogP contribution in [0.5, 0.6) is 5.75 Å². The number of nitrogens with zero attached hydrogens (tertiary/aromatic N) is 3. The van der Waals surface area contributed by atoms with Gasteiger partial charge in [-0.1, -0.05) is 13.8 Å². The van der Waals surface area contributed by atoms with Crippen LogP contribution in [-0.4, -0.2) is 73.8 Å². The van der Waals surface area contributed by atoms with Gasteiger partial charge in [0.2, 0.25) is 0 Å². The number of pyridine rings is 2. The molecule has 1 saturated heterocycles. The summed E-state index contributed by atoms with van der Waals surface area (Å²) in [6, 6.07) is 6.95. The van der Waals surface area contributed by atoms with E-state index in [4.69, 9.17) is 19.2 Å². The van der Waals surface area contributed by atoms with Gasteiger partial charge in [-0.3, -0.25) is 9.59 Å². The zero-order valence-electron chi connectivity index (χ0n) is 28.3. The molecule has 262 valence electrons. The van der Waals surface area contributed by atoms with Crippen LogP contribution in [0.1, 0.15) is 82.1 Å². The minimum atomic E-state index is -1.90. The second-order valence-electron chi connectivity index (χ2n) is 13.4. The number of fused-ring (bicyclic) bond motifs is 5. The summed E-state index contributed by atoms with van der Waals surface area (Å²) in [5.41, 5.74) is 0.512. The first-order valence-electron chi connectivity index (χ1n) is 17.0. The van der Waals surface area contributed by atoms with Crippen molar-refractivity contribution in [2.24, 2.45) is 11.3 Å². The van der Waals surface area contributed by atoms with Crippen LogP contribution >= 0.6 is 0 Å². The fraction of sp³-hybridized carbons (Fsp3) is 0.528. The SMILES string of the molecule is CCOC(O)C(C)(CCC1CCN(C(=O)Oc2ccc3nc4c(c(CC)c3c2)Cn2c-4cc3c(c2=O)COC(=O)C3(O)CC)CC1)C(=O)O. The summed E-state index contributed by atoms with van der Waals surface area (Å²) in [6.45, 7) is 8.09. The zero-order valence-corrected chi connectivity index (χ0v) is 28.3. The molecule has 3 atom stereocenters. The van der Waals surface area contributed by atoms with E-state index in [2.05, 4.69) is 0 Å². The Hall–Kier alpha value is -4.33. The number of hydrogen-bond acceptors (Lipinski definition) is 10. The lowest BCUT2D eigenvalue weighted by molar-refractivity contribution is -0.194. The van der Waals surface area contributed by atoms with Gasteiger partial charge < -0.3 is 39.0 Å². The van der Waals surface area contributed by atoms with Crippen molar-refractivity contribution in [1.82, 2.24) is 14.5 Å². The molecule has 3 aromatic rings. The number of aryl methyl sites for hydroxylation is 1. The summed E-state index contributed by atoms with van der Waals surface area (Å²) in [5.74, 6) is -1.31. The van der Waals surface area contributed by atoms with Gasteiger partial charge in [-0.2, -0.15) is 0 Å². The van der Waals surface area contributed by atoms with Gasteiger partial charge in [-0.25, -0.2) is 14.6 Å². The van der Waals surface area contributed by atoms with Gasteiger partial charge in [0.15, 0.2) is 11.9 Å². The number of carboxylic acid groups (broad SMARTS) is 1. The number of hydrogen-bond donors (Lipinski definition) is 3. The van der Waals surface area contributed by atoms with Gasteiger partial charge >= 0.3 is 18.0 Å². The quantitative estimate of drug-likeness (QED) is 0.163. The van der Waals surface area contributed by atoms with Gasteiger partial charge in [0.05, 0.1) is 29.0 Å². The summed E-state index contributed by atoms with van der Waals surface area (Å²) < 4.78 is 17.8. The highest BCUT2D eigenvalue weighted by Gasteiger charge is 2.46. The smallest absolute Gasteiger partial charge is 0.415 e. The maximum atomic E-state index is 13.6. The van der Waals surface area contributed by atoms with Gasteiger partial charge in [0.25, 0.3) is 5.56 Å². The van der Waals surface area contributed by atoms with Crippen LogP contribution in [0.3, 0.4) is 0 Å². The molecule has 0 saturated carbocycles. The number of amides is 1. The molecule has 49 heavy (non-hydrogen) atoms. The van der Waals surface area contributed by atoms with Crippen molar-refractivity contribution in [1.29, 1.82) is 0 Å². The van der Waals surface area contributed by atoms with E-state index in [9.17, 15) is 34.5 Å². The zero-order chi connectivity index (χ0) is 35.2. The Bertz CT molecular complexity index is 1880. The molecule has 0 bridgehead atoms. The molecule has 1 amide bonds. The number of cyclic esters (lactones) is 1. The Morgan fingerprint density at radius 2 is 1.88 bits per heavy atom. The largest absolute Gasteiger partial charge is 0.481 e. The number of carboxylic acids is 1. The molecule has 1 aromatic carbocycles. The normalized spacial score (nSPS) is 20.6. The number of benzene rings is 1. The minimum absolute atomic E-state index is 0.0612. The number of aliphatic carboxylic acids is 1. The fourth-order valence-electron chi connectivity index (χ4n) is 7.36. The Kier molecular flexibility index (Phi) is 9.29. The van der Waals surface area contributed by atoms with Crippen LogP contribution in [0.15, 0.2) is 29.1 Å². The van der Waals surface area contributed by atoms with E-state index in [1.807, 2.05) is 6.92 Å². The standard InChI is InChI=1S/C36H43N3O10/c1-5-22-23-16-21(49-34(45)38-14-11-20(12-15-38)10-13-35(4,31(41)42)32(43)47-7-3)8-9-27(23)37-29-24(22)18-39-28(29)17-26-25(30(39)40)19-48-33(44)36(26,46)6-2/h8-9,16-17,20,32,43,46H,5-7,10-15,18-19H2,1-4H3,(H,41,42). The first-order valence-corrected chi connectivity index (χ1v) is 17.0. The maximum absolute atomic E-state index is 13.6. The molecule has 1 fully saturated rings. The Morgan fingerprint density at radius 1 is 1.14 bits per heavy atom. The number of carbonyl (C=O) groups is 3. The summed E-state index contributed by atoms with van der Waals surface area (Å²) in [6.07, 6.45) is 1.02. The number of piperidine rings is 1. The van der Waals surface area contributed by atoms with E-state index in [-0.39, 0.29) is 55.2 Å². The van der Waals surface area contributed by atoms with Crippen molar-refractivity contribution in [3.05, 3.63) is 56.9 Å². The lowest BCUT2D eigenvalue weighted by atomic mass is 9.80. The number of rotatable bonds is 10. The van der Waals surface area contributed by atoms with E-state index < -0.39 is 35.3 Å². The van der Waals surface area contributed by atoms with Gasteiger partial charge in [-0.05, 0) is 88.1 Å². The predicted octanol–water partition coefficient (Wildman–Crippen LogP) is 4.08. The van der Waals surface area contributed by atoms with E-state index in [0.29, 0.717) is 61.4 Å². The first-order chi connectivity index (χ1) is 23.4. The van der Waals surface area contributed by atoms with Crippen molar-refractivity contribution in [2.45, 2.75) is 91.3 Å². The van der Waals surface area contributed by atoms with Gasteiger partial charge in [0.1, 0.15) is 17.8 Å².